The summed E-state index contributed by atoms with van der Waals surface area (Å²) in [5.74, 6) is -0.127. The van der Waals surface area contributed by atoms with Crippen LogP contribution in [0, 0.1) is 5.92 Å². The van der Waals surface area contributed by atoms with Crippen LogP contribution in [-0.4, -0.2) is 17.7 Å². The zero-order valence-corrected chi connectivity index (χ0v) is 13.8. The topological polar surface area (TPSA) is 61.6 Å². The summed E-state index contributed by atoms with van der Waals surface area (Å²) in [5.41, 5.74) is 1.77. The molecular formula is C18H23NO4. The molecule has 2 rings (SSSR count). The largest absolute Gasteiger partial charge is 0.465 e. The molecule has 0 bridgehead atoms. The van der Waals surface area contributed by atoms with E-state index in [0.29, 0.717) is 31.3 Å². The Morgan fingerprint density at radius 1 is 1.22 bits per heavy atom. The summed E-state index contributed by atoms with van der Waals surface area (Å²) in [5, 5.41) is 3.99. The van der Waals surface area contributed by atoms with Gasteiger partial charge in [0.2, 0.25) is 0 Å². The van der Waals surface area contributed by atoms with E-state index in [0.717, 1.165) is 5.56 Å². The Morgan fingerprint density at radius 2 is 1.96 bits per heavy atom. The SMILES string of the molecule is CCOC(=O)C(c1cc(COCc2ccccc2)no1)C(C)C. The third-order valence-corrected chi connectivity index (χ3v) is 3.45. The van der Waals surface area contributed by atoms with Crippen LogP contribution in [0.15, 0.2) is 40.9 Å². The first-order valence-corrected chi connectivity index (χ1v) is 7.85. The smallest absolute Gasteiger partial charge is 0.317 e. The van der Waals surface area contributed by atoms with Gasteiger partial charge in [-0.3, -0.25) is 4.79 Å². The number of benzene rings is 1. The first kappa shape index (κ1) is 17.2. The number of carbonyl (C=O) groups excluding carboxylic acids is 1. The molecule has 1 aromatic carbocycles. The molecule has 0 amide bonds. The molecule has 0 aliphatic carbocycles. The van der Waals surface area contributed by atoms with Gasteiger partial charge in [-0.05, 0) is 18.4 Å². The summed E-state index contributed by atoms with van der Waals surface area (Å²) < 4.78 is 16.1. The van der Waals surface area contributed by atoms with Gasteiger partial charge in [0.25, 0.3) is 0 Å². The van der Waals surface area contributed by atoms with Crippen molar-refractivity contribution < 1.29 is 18.8 Å². The van der Waals surface area contributed by atoms with E-state index in [2.05, 4.69) is 5.16 Å². The predicted octanol–water partition coefficient (Wildman–Crippen LogP) is 3.69. The molecule has 1 unspecified atom stereocenters. The summed E-state index contributed by atoms with van der Waals surface area (Å²) in [7, 11) is 0. The van der Waals surface area contributed by atoms with Crippen LogP contribution in [0.25, 0.3) is 0 Å². The van der Waals surface area contributed by atoms with Gasteiger partial charge in [-0.15, -0.1) is 0 Å². The van der Waals surface area contributed by atoms with E-state index in [9.17, 15) is 4.79 Å². The van der Waals surface area contributed by atoms with Gasteiger partial charge in [0.1, 0.15) is 11.6 Å². The van der Waals surface area contributed by atoms with Gasteiger partial charge < -0.3 is 14.0 Å². The van der Waals surface area contributed by atoms with E-state index in [-0.39, 0.29) is 11.9 Å². The molecule has 0 aliphatic rings. The Bertz CT molecular complexity index is 606. The van der Waals surface area contributed by atoms with E-state index in [4.69, 9.17) is 14.0 Å². The van der Waals surface area contributed by atoms with E-state index in [1.807, 2.05) is 44.2 Å². The Hall–Kier alpha value is -2.14. The van der Waals surface area contributed by atoms with Crippen molar-refractivity contribution in [1.82, 2.24) is 5.16 Å². The van der Waals surface area contributed by atoms with Crippen molar-refractivity contribution in [2.45, 2.75) is 39.9 Å². The second-order valence-electron chi connectivity index (χ2n) is 5.67. The second-order valence-corrected chi connectivity index (χ2v) is 5.67. The quantitative estimate of drug-likeness (QED) is 0.695. The molecule has 1 heterocycles. The maximum absolute atomic E-state index is 12.1. The Labute approximate surface area is 136 Å². The fraction of sp³-hybridized carbons (Fsp3) is 0.444. The summed E-state index contributed by atoms with van der Waals surface area (Å²) in [6, 6.07) is 11.7. The zero-order chi connectivity index (χ0) is 16.7. The van der Waals surface area contributed by atoms with Crippen LogP contribution in [0.3, 0.4) is 0 Å². The van der Waals surface area contributed by atoms with E-state index >= 15 is 0 Å². The zero-order valence-electron chi connectivity index (χ0n) is 13.8. The Balaban J connectivity index is 1.94. The van der Waals surface area contributed by atoms with E-state index in [1.165, 1.54) is 0 Å². The molecule has 0 N–H and O–H groups in total. The van der Waals surface area contributed by atoms with Gasteiger partial charge in [0.15, 0.2) is 5.76 Å². The lowest BCUT2D eigenvalue weighted by Crippen LogP contribution is -2.20. The number of rotatable bonds is 8. The maximum atomic E-state index is 12.1. The lowest BCUT2D eigenvalue weighted by Gasteiger charge is -2.15. The molecule has 0 aliphatic heterocycles. The molecular weight excluding hydrogens is 294 g/mol. The summed E-state index contributed by atoms with van der Waals surface area (Å²) >= 11 is 0. The van der Waals surface area contributed by atoms with Crippen LogP contribution in [-0.2, 0) is 27.5 Å². The van der Waals surface area contributed by atoms with Crippen molar-refractivity contribution >= 4 is 5.97 Å². The maximum Gasteiger partial charge on any atom is 0.317 e. The number of ether oxygens (including phenoxy) is 2. The van der Waals surface area contributed by atoms with Gasteiger partial charge in [-0.25, -0.2) is 0 Å². The Morgan fingerprint density at radius 3 is 2.61 bits per heavy atom. The average Bonchev–Trinajstić information content (AvgIpc) is 2.97. The van der Waals surface area contributed by atoms with Gasteiger partial charge >= 0.3 is 5.97 Å². The highest BCUT2D eigenvalue weighted by Gasteiger charge is 2.29. The van der Waals surface area contributed by atoms with Gasteiger partial charge in [0.05, 0.1) is 19.8 Å². The van der Waals surface area contributed by atoms with E-state index < -0.39 is 5.92 Å². The predicted molar refractivity (Wildman–Crippen MR) is 85.7 cm³/mol. The molecule has 1 atom stereocenters. The van der Waals surface area contributed by atoms with Crippen molar-refractivity contribution in [3.8, 4) is 0 Å². The minimum Gasteiger partial charge on any atom is -0.465 e. The van der Waals surface area contributed by atoms with Crippen molar-refractivity contribution in [2.24, 2.45) is 5.92 Å². The van der Waals surface area contributed by atoms with Gasteiger partial charge in [-0.1, -0.05) is 49.3 Å². The van der Waals surface area contributed by atoms with Crippen LogP contribution in [0.2, 0.25) is 0 Å². The third kappa shape index (κ3) is 4.93. The standard InChI is InChI=1S/C18H23NO4/c1-4-22-18(20)17(13(2)3)16-10-15(19-23-16)12-21-11-14-8-6-5-7-9-14/h5-10,13,17H,4,11-12H2,1-3H3. The highest BCUT2D eigenvalue weighted by Crippen LogP contribution is 2.26. The summed E-state index contributed by atoms with van der Waals surface area (Å²) in [4.78, 5) is 12.1. The number of nitrogens with zero attached hydrogens (tertiary/aromatic N) is 1. The molecule has 1 aromatic heterocycles. The fourth-order valence-electron chi connectivity index (χ4n) is 2.34. The van der Waals surface area contributed by atoms with Crippen molar-refractivity contribution in [3.05, 3.63) is 53.4 Å². The molecule has 0 fully saturated rings. The molecule has 0 radical (unpaired) electrons. The summed E-state index contributed by atoms with van der Waals surface area (Å²) in [6.07, 6.45) is 0. The first-order chi connectivity index (χ1) is 11.1. The lowest BCUT2D eigenvalue weighted by molar-refractivity contribution is -0.146. The number of carbonyl (C=O) groups is 1. The molecule has 0 saturated carbocycles. The molecule has 0 saturated heterocycles. The van der Waals surface area contributed by atoms with Crippen LogP contribution >= 0.6 is 0 Å². The fourth-order valence-corrected chi connectivity index (χ4v) is 2.34. The summed E-state index contributed by atoms with van der Waals surface area (Å²) in [6.45, 7) is 6.90. The molecule has 0 spiro atoms. The number of aromatic nitrogens is 1. The normalized spacial score (nSPS) is 12.3. The van der Waals surface area contributed by atoms with Gasteiger partial charge in [-0.2, -0.15) is 0 Å². The van der Waals surface area contributed by atoms with Crippen molar-refractivity contribution in [3.63, 3.8) is 0 Å². The molecule has 5 nitrogen and oxygen atoms in total. The van der Waals surface area contributed by atoms with Gasteiger partial charge in [0, 0.05) is 6.07 Å². The van der Waals surface area contributed by atoms with Crippen molar-refractivity contribution in [2.75, 3.05) is 6.61 Å². The van der Waals surface area contributed by atoms with Crippen molar-refractivity contribution in [1.29, 1.82) is 0 Å². The molecule has 5 heteroatoms. The molecule has 2 aromatic rings. The lowest BCUT2D eigenvalue weighted by atomic mass is 9.93. The van der Waals surface area contributed by atoms with Crippen LogP contribution in [0.1, 0.15) is 43.7 Å². The second kappa shape index (κ2) is 8.48. The molecule has 23 heavy (non-hydrogen) atoms. The number of hydrogen-bond acceptors (Lipinski definition) is 5. The average molecular weight is 317 g/mol. The monoisotopic (exact) mass is 317 g/mol. The minimum absolute atomic E-state index is 0.0695. The minimum atomic E-state index is -0.440. The van der Waals surface area contributed by atoms with Crippen LogP contribution in [0.5, 0.6) is 0 Å². The first-order valence-electron chi connectivity index (χ1n) is 7.85. The van der Waals surface area contributed by atoms with E-state index in [1.54, 1.807) is 13.0 Å². The highest BCUT2D eigenvalue weighted by atomic mass is 16.5. The molecule has 124 valence electrons. The Kier molecular flexibility index (Phi) is 6.35. The van der Waals surface area contributed by atoms with Crippen LogP contribution < -0.4 is 0 Å². The number of hydrogen-bond donors (Lipinski definition) is 0. The third-order valence-electron chi connectivity index (χ3n) is 3.45. The highest BCUT2D eigenvalue weighted by molar-refractivity contribution is 5.77. The van der Waals surface area contributed by atoms with Crippen LogP contribution in [0.4, 0.5) is 0 Å². The number of esters is 1.